The molecule has 0 saturated carbocycles. The minimum Gasteiger partial charge on any atom is -0.418 e. The molecule has 8 heteroatoms. The monoisotopic (exact) mass is 272 g/mol. The summed E-state index contributed by atoms with van der Waals surface area (Å²) in [5, 5.41) is 10.5. The lowest BCUT2D eigenvalue weighted by Gasteiger charge is -2.05. The fourth-order valence-electron chi connectivity index (χ4n) is 1.35. The molecule has 2 aromatic heterocycles. The smallest absolute Gasteiger partial charge is 0.417 e. The standard InChI is InChI=1S/C11H11F3N4O/c1-2-15-6-9-17-18-10(19-9)8-4-3-7(5-16-8)11(12,13)14/h3-5,15H,2,6H2,1H3. The van der Waals surface area contributed by atoms with E-state index in [9.17, 15) is 13.2 Å². The molecule has 1 N–H and O–H groups in total. The van der Waals surface area contributed by atoms with Gasteiger partial charge in [-0.2, -0.15) is 13.2 Å². The number of hydrogen-bond donors (Lipinski definition) is 1. The van der Waals surface area contributed by atoms with Crippen LogP contribution in [0.15, 0.2) is 22.7 Å². The Labute approximate surface area is 106 Å². The van der Waals surface area contributed by atoms with E-state index in [0.29, 0.717) is 12.4 Å². The van der Waals surface area contributed by atoms with E-state index < -0.39 is 11.7 Å². The van der Waals surface area contributed by atoms with Crippen LogP contribution in [0.1, 0.15) is 18.4 Å². The van der Waals surface area contributed by atoms with Gasteiger partial charge in [0, 0.05) is 6.20 Å². The topological polar surface area (TPSA) is 63.8 Å². The SMILES string of the molecule is CCNCc1nnc(-c2ccc(C(F)(F)F)cn2)o1. The molecule has 0 saturated heterocycles. The van der Waals surface area contributed by atoms with Crippen molar-refractivity contribution in [2.24, 2.45) is 0 Å². The predicted molar refractivity (Wildman–Crippen MR) is 59.9 cm³/mol. The molecule has 0 radical (unpaired) electrons. The van der Waals surface area contributed by atoms with Crippen molar-refractivity contribution in [3.63, 3.8) is 0 Å². The molecule has 102 valence electrons. The lowest BCUT2D eigenvalue weighted by atomic mass is 10.2. The van der Waals surface area contributed by atoms with Gasteiger partial charge in [0.15, 0.2) is 0 Å². The number of nitrogens with one attached hydrogen (secondary N) is 1. The highest BCUT2D eigenvalue weighted by Gasteiger charge is 2.30. The maximum absolute atomic E-state index is 12.4. The molecule has 19 heavy (non-hydrogen) atoms. The normalized spacial score (nSPS) is 11.8. The van der Waals surface area contributed by atoms with Gasteiger partial charge in [-0.15, -0.1) is 10.2 Å². The Bertz CT molecular complexity index is 536. The average Bonchev–Trinajstić information content (AvgIpc) is 2.84. The highest BCUT2D eigenvalue weighted by molar-refractivity contribution is 5.46. The quantitative estimate of drug-likeness (QED) is 0.924. The number of halogens is 3. The van der Waals surface area contributed by atoms with Crippen LogP contribution >= 0.6 is 0 Å². The van der Waals surface area contributed by atoms with Gasteiger partial charge in [-0.05, 0) is 18.7 Å². The summed E-state index contributed by atoms with van der Waals surface area (Å²) in [5.41, 5.74) is -0.605. The Morgan fingerprint density at radius 2 is 2.05 bits per heavy atom. The third-order valence-electron chi connectivity index (χ3n) is 2.30. The molecule has 5 nitrogen and oxygen atoms in total. The summed E-state index contributed by atoms with van der Waals surface area (Å²) in [6, 6.07) is 2.13. The zero-order chi connectivity index (χ0) is 13.9. The minimum absolute atomic E-state index is 0.0987. The van der Waals surface area contributed by atoms with Crippen LogP contribution in [0, 0.1) is 0 Å². The Balaban J connectivity index is 2.16. The second kappa shape index (κ2) is 5.35. The molecule has 2 rings (SSSR count). The highest BCUT2D eigenvalue weighted by Crippen LogP contribution is 2.29. The van der Waals surface area contributed by atoms with Crippen LogP contribution < -0.4 is 5.32 Å². The number of rotatable bonds is 4. The Morgan fingerprint density at radius 3 is 2.63 bits per heavy atom. The first-order valence-electron chi connectivity index (χ1n) is 5.57. The van der Waals surface area contributed by atoms with Gasteiger partial charge in [0.05, 0.1) is 12.1 Å². The highest BCUT2D eigenvalue weighted by atomic mass is 19.4. The molecule has 0 bridgehead atoms. The maximum atomic E-state index is 12.4. The van der Waals surface area contributed by atoms with Crippen molar-refractivity contribution in [1.29, 1.82) is 0 Å². The molecule has 0 spiro atoms. The first-order chi connectivity index (χ1) is 9.00. The first kappa shape index (κ1) is 13.5. The summed E-state index contributed by atoms with van der Waals surface area (Å²) in [6.45, 7) is 3.08. The molecule has 0 aliphatic heterocycles. The fourth-order valence-corrected chi connectivity index (χ4v) is 1.35. The molecular weight excluding hydrogens is 261 g/mol. The van der Waals surface area contributed by atoms with E-state index in [1.165, 1.54) is 6.07 Å². The van der Waals surface area contributed by atoms with Gasteiger partial charge in [-0.25, -0.2) is 0 Å². The molecular formula is C11H11F3N4O. The van der Waals surface area contributed by atoms with E-state index in [-0.39, 0.29) is 11.6 Å². The Morgan fingerprint density at radius 1 is 1.26 bits per heavy atom. The molecule has 0 aliphatic rings. The summed E-state index contributed by atoms with van der Waals surface area (Å²) < 4.78 is 42.4. The van der Waals surface area contributed by atoms with E-state index >= 15 is 0 Å². The third-order valence-corrected chi connectivity index (χ3v) is 2.30. The molecule has 0 fully saturated rings. The van der Waals surface area contributed by atoms with E-state index in [1.54, 1.807) is 0 Å². The van der Waals surface area contributed by atoms with Crippen molar-refractivity contribution < 1.29 is 17.6 Å². The summed E-state index contributed by atoms with van der Waals surface area (Å²) in [7, 11) is 0. The summed E-state index contributed by atoms with van der Waals surface area (Å²) in [6.07, 6.45) is -3.67. The van der Waals surface area contributed by atoms with Gasteiger partial charge in [0.2, 0.25) is 5.89 Å². The van der Waals surface area contributed by atoms with Crippen LogP contribution in [0.3, 0.4) is 0 Å². The van der Waals surface area contributed by atoms with Crippen molar-refractivity contribution in [1.82, 2.24) is 20.5 Å². The van der Waals surface area contributed by atoms with Crippen molar-refractivity contribution in [3.05, 3.63) is 29.8 Å². The Kier molecular flexibility index (Phi) is 3.79. The fraction of sp³-hybridized carbons (Fsp3) is 0.364. The van der Waals surface area contributed by atoms with Crippen molar-refractivity contribution >= 4 is 0 Å². The van der Waals surface area contributed by atoms with Crippen LogP contribution in [0.5, 0.6) is 0 Å². The van der Waals surface area contributed by atoms with Crippen molar-refractivity contribution in [2.75, 3.05) is 6.54 Å². The van der Waals surface area contributed by atoms with Gasteiger partial charge in [-0.1, -0.05) is 6.92 Å². The summed E-state index contributed by atoms with van der Waals surface area (Å²) in [4.78, 5) is 3.67. The van der Waals surface area contributed by atoms with Crippen LogP contribution in [0.25, 0.3) is 11.6 Å². The molecule has 0 aliphatic carbocycles. The van der Waals surface area contributed by atoms with Crippen LogP contribution in [0.4, 0.5) is 13.2 Å². The van der Waals surface area contributed by atoms with Gasteiger partial charge in [-0.3, -0.25) is 4.98 Å². The van der Waals surface area contributed by atoms with Crippen LogP contribution in [-0.4, -0.2) is 21.7 Å². The Hall–Kier alpha value is -1.96. The molecule has 0 unspecified atom stereocenters. The largest absolute Gasteiger partial charge is 0.418 e. The number of alkyl halides is 3. The third kappa shape index (κ3) is 3.28. The summed E-state index contributed by atoms with van der Waals surface area (Å²) >= 11 is 0. The number of nitrogens with zero attached hydrogens (tertiary/aromatic N) is 3. The predicted octanol–water partition coefficient (Wildman–Crippen LogP) is 2.26. The second-order valence-electron chi connectivity index (χ2n) is 3.71. The van der Waals surface area contributed by atoms with Crippen molar-refractivity contribution in [3.8, 4) is 11.6 Å². The minimum atomic E-state index is -4.41. The van der Waals surface area contributed by atoms with Crippen LogP contribution in [0.2, 0.25) is 0 Å². The zero-order valence-corrected chi connectivity index (χ0v) is 10.0. The molecule has 0 atom stereocenters. The number of hydrogen-bond acceptors (Lipinski definition) is 5. The zero-order valence-electron chi connectivity index (χ0n) is 10.0. The molecule has 2 heterocycles. The van der Waals surface area contributed by atoms with E-state index in [1.807, 2.05) is 6.92 Å². The number of aromatic nitrogens is 3. The molecule has 2 aromatic rings. The van der Waals surface area contributed by atoms with Gasteiger partial charge < -0.3 is 9.73 Å². The first-order valence-corrected chi connectivity index (χ1v) is 5.57. The molecule has 0 aromatic carbocycles. The van der Waals surface area contributed by atoms with Gasteiger partial charge in [0.25, 0.3) is 5.89 Å². The summed E-state index contributed by atoms with van der Waals surface area (Å²) in [5.74, 6) is 0.458. The van der Waals surface area contributed by atoms with E-state index in [0.717, 1.165) is 18.8 Å². The van der Waals surface area contributed by atoms with Gasteiger partial charge in [0.1, 0.15) is 5.69 Å². The second-order valence-corrected chi connectivity index (χ2v) is 3.71. The van der Waals surface area contributed by atoms with Gasteiger partial charge >= 0.3 is 6.18 Å². The average molecular weight is 272 g/mol. The van der Waals surface area contributed by atoms with E-state index in [2.05, 4.69) is 20.5 Å². The lowest BCUT2D eigenvalue weighted by Crippen LogP contribution is -2.11. The maximum Gasteiger partial charge on any atom is 0.417 e. The van der Waals surface area contributed by atoms with E-state index in [4.69, 9.17) is 4.42 Å². The number of pyridine rings is 1. The van der Waals surface area contributed by atoms with Crippen LogP contribution in [-0.2, 0) is 12.7 Å². The lowest BCUT2D eigenvalue weighted by molar-refractivity contribution is -0.137. The van der Waals surface area contributed by atoms with Crippen molar-refractivity contribution in [2.45, 2.75) is 19.6 Å². The molecule has 0 amide bonds.